The van der Waals surface area contributed by atoms with Gasteiger partial charge in [0.25, 0.3) is 0 Å². The van der Waals surface area contributed by atoms with Crippen molar-refractivity contribution in [3.05, 3.63) is 33.4 Å². The molecule has 0 amide bonds. The summed E-state index contributed by atoms with van der Waals surface area (Å²) in [6, 6.07) is 3.69. The first-order chi connectivity index (χ1) is 9.94. The molecular weight excluding hydrogens is 268 g/mol. The Labute approximate surface area is 124 Å². The molecule has 2 atom stereocenters. The molecule has 1 aromatic carbocycles. The molecule has 0 radical (unpaired) electrons. The van der Waals surface area contributed by atoms with Gasteiger partial charge in [0.2, 0.25) is 0 Å². The minimum absolute atomic E-state index is 0.0232. The lowest BCUT2D eigenvalue weighted by Crippen LogP contribution is -2.62. The average Bonchev–Trinajstić information content (AvgIpc) is 2.92. The monoisotopic (exact) mass is 290 g/mol. The lowest BCUT2D eigenvalue weighted by Gasteiger charge is -2.52. The van der Waals surface area contributed by atoms with Crippen LogP contribution in [0.3, 0.4) is 0 Å². The van der Waals surface area contributed by atoms with E-state index in [-0.39, 0.29) is 28.2 Å². The normalized spacial score (nSPS) is 26.6. The second-order valence-corrected chi connectivity index (χ2v) is 6.58. The van der Waals surface area contributed by atoms with Crippen molar-refractivity contribution in [2.75, 3.05) is 0 Å². The van der Waals surface area contributed by atoms with Crippen molar-refractivity contribution >= 4 is 5.69 Å². The van der Waals surface area contributed by atoms with Gasteiger partial charge < -0.3 is 10.5 Å². The van der Waals surface area contributed by atoms with E-state index in [4.69, 9.17) is 10.5 Å². The molecule has 2 aliphatic carbocycles. The Bertz CT molecular complexity index is 579. The lowest BCUT2D eigenvalue weighted by molar-refractivity contribution is -0.386. The molecule has 0 aromatic heterocycles. The SMILES string of the molecule is Cc1cc(C)c(OC2CC(N)C23CCCC3)c([N+](=O)[O-])c1. The van der Waals surface area contributed by atoms with E-state index in [1.807, 2.05) is 19.9 Å². The van der Waals surface area contributed by atoms with Crippen LogP contribution in [-0.2, 0) is 0 Å². The first-order valence-electron chi connectivity index (χ1n) is 7.62. The second-order valence-electron chi connectivity index (χ2n) is 6.58. The topological polar surface area (TPSA) is 78.4 Å². The maximum atomic E-state index is 11.3. The minimum atomic E-state index is -0.352. The van der Waals surface area contributed by atoms with E-state index in [9.17, 15) is 10.1 Å². The van der Waals surface area contributed by atoms with E-state index < -0.39 is 0 Å². The molecule has 1 spiro atoms. The standard InChI is InChI=1S/C16H22N2O3/c1-10-7-11(2)15(12(8-10)18(19)20)21-14-9-13(17)16(14)5-3-4-6-16/h7-8,13-14H,3-6,9,17H2,1-2H3. The number of hydrogen-bond donors (Lipinski definition) is 1. The Morgan fingerprint density at radius 1 is 1.33 bits per heavy atom. The van der Waals surface area contributed by atoms with Crippen LogP contribution in [0.15, 0.2) is 12.1 Å². The maximum absolute atomic E-state index is 11.3. The second kappa shape index (κ2) is 4.98. The van der Waals surface area contributed by atoms with Crippen LogP contribution >= 0.6 is 0 Å². The molecule has 5 heteroatoms. The predicted molar refractivity (Wildman–Crippen MR) is 80.5 cm³/mol. The molecule has 5 nitrogen and oxygen atoms in total. The van der Waals surface area contributed by atoms with E-state index >= 15 is 0 Å². The van der Waals surface area contributed by atoms with Gasteiger partial charge in [0.15, 0.2) is 5.75 Å². The highest BCUT2D eigenvalue weighted by atomic mass is 16.6. The summed E-state index contributed by atoms with van der Waals surface area (Å²) in [4.78, 5) is 10.9. The molecule has 0 heterocycles. The number of nitrogens with zero attached hydrogens (tertiary/aromatic N) is 1. The smallest absolute Gasteiger partial charge is 0.311 e. The molecule has 114 valence electrons. The molecule has 2 N–H and O–H groups in total. The van der Waals surface area contributed by atoms with Crippen LogP contribution in [0.4, 0.5) is 5.69 Å². The molecular formula is C16H22N2O3. The summed E-state index contributed by atoms with van der Waals surface area (Å²) in [5, 5.41) is 11.3. The summed E-state index contributed by atoms with van der Waals surface area (Å²) in [6.07, 6.45) is 5.35. The highest BCUT2D eigenvalue weighted by Gasteiger charge is 2.56. The molecule has 2 unspecified atom stereocenters. The fourth-order valence-electron chi connectivity index (χ4n) is 4.03. The van der Waals surface area contributed by atoms with Crippen LogP contribution in [0.2, 0.25) is 0 Å². The van der Waals surface area contributed by atoms with Crippen molar-refractivity contribution in [2.45, 2.75) is 58.1 Å². The number of hydrogen-bond acceptors (Lipinski definition) is 4. The average molecular weight is 290 g/mol. The molecule has 0 bridgehead atoms. The van der Waals surface area contributed by atoms with Crippen molar-refractivity contribution in [3.8, 4) is 5.75 Å². The third kappa shape index (κ3) is 2.20. The van der Waals surface area contributed by atoms with Gasteiger partial charge in [-0.2, -0.15) is 0 Å². The predicted octanol–water partition coefficient (Wildman–Crippen LogP) is 3.25. The van der Waals surface area contributed by atoms with E-state index in [0.717, 1.165) is 30.4 Å². The molecule has 21 heavy (non-hydrogen) atoms. The van der Waals surface area contributed by atoms with Crippen molar-refractivity contribution in [3.63, 3.8) is 0 Å². The molecule has 0 aliphatic heterocycles. The first kappa shape index (κ1) is 14.3. The zero-order valence-electron chi connectivity index (χ0n) is 12.6. The fourth-order valence-corrected chi connectivity index (χ4v) is 4.03. The number of ether oxygens (including phenoxy) is 1. The van der Waals surface area contributed by atoms with Crippen LogP contribution < -0.4 is 10.5 Å². The molecule has 0 saturated heterocycles. The molecule has 2 aliphatic rings. The highest BCUT2D eigenvalue weighted by molar-refractivity contribution is 5.54. The van der Waals surface area contributed by atoms with Crippen LogP contribution in [0.5, 0.6) is 5.75 Å². The number of benzene rings is 1. The Hall–Kier alpha value is -1.62. The molecule has 1 aromatic rings. The fraction of sp³-hybridized carbons (Fsp3) is 0.625. The summed E-state index contributed by atoms with van der Waals surface area (Å²) in [6.45, 7) is 3.73. The van der Waals surface area contributed by atoms with Gasteiger partial charge in [-0.1, -0.05) is 18.9 Å². The van der Waals surface area contributed by atoms with Crippen LogP contribution in [-0.4, -0.2) is 17.1 Å². The molecule has 2 saturated carbocycles. The molecule has 2 fully saturated rings. The lowest BCUT2D eigenvalue weighted by atomic mass is 9.61. The van der Waals surface area contributed by atoms with Gasteiger partial charge >= 0.3 is 5.69 Å². The summed E-state index contributed by atoms with van der Waals surface area (Å²) in [7, 11) is 0. The summed E-state index contributed by atoms with van der Waals surface area (Å²) in [5.74, 6) is 0.425. The Balaban J connectivity index is 1.90. The third-order valence-electron chi connectivity index (χ3n) is 5.24. The van der Waals surface area contributed by atoms with E-state index in [2.05, 4.69) is 0 Å². The zero-order valence-corrected chi connectivity index (χ0v) is 12.6. The number of nitro groups is 1. The Morgan fingerprint density at radius 2 is 2.00 bits per heavy atom. The Kier molecular flexibility index (Phi) is 3.40. The highest BCUT2D eigenvalue weighted by Crippen LogP contribution is 2.54. The summed E-state index contributed by atoms with van der Waals surface area (Å²) < 4.78 is 6.12. The summed E-state index contributed by atoms with van der Waals surface area (Å²) in [5.41, 5.74) is 8.04. The van der Waals surface area contributed by atoms with Crippen LogP contribution in [0, 0.1) is 29.4 Å². The largest absolute Gasteiger partial charge is 0.483 e. The van der Waals surface area contributed by atoms with Crippen molar-refractivity contribution in [1.29, 1.82) is 0 Å². The number of nitro benzene ring substituents is 1. The van der Waals surface area contributed by atoms with Gasteiger partial charge in [-0.25, -0.2) is 0 Å². The number of nitrogens with two attached hydrogens (primary N) is 1. The van der Waals surface area contributed by atoms with Gasteiger partial charge in [0, 0.05) is 23.9 Å². The minimum Gasteiger partial charge on any atom is -0.483 e. The number of rotatable bonds is 3. The molecule has 3 rings (SSSR count). The first-order valence-corrected chi connectivity index (χ1v) is 7.62. The van der Waals surface area contributed by atoms with Gasteiger partial charge in [0.1, 0.15) is 6.10 Å². The van der Waals surface area contributed by atoms with E-state index in [1.165, 1.54) is 12.8 Å². The van der Waals surface area contributed by atoms with Gasteiger partial charge in [-0.15, -0.1) is 0 Å². The van der Waals surface area contributed by atoms with Crippen molar-refractivity contribution in [2.24, 2.45) is 11.1 Å². The zero-order chi connectivity index (χ0) is 15.2. The summed E-state index contributed by atoms with van der Waals surface area (Å²) >= 11 is 0. The third-order valence-corrected chi connectivity index (χ3v) is 5.24. The van der Waals surface area contributed by atoms with Crippen molar-refractivity contribution < 1.29 is 9.66 Å². The number of aryl methyl sites for hydroxylation is 2. The van der Waals surface area contributed by atoms with Gasteiger partial charge in [0.05, 0.1) is 4.92 Å². The van der Waals surface area contributed by atoms with Crippen LogP contribution in [0.1, 0.15) is 43.2 Å². The van der Waals surface area contributed by atoms with Gasteiger partial charge in [-0.3, -0.25) is 10.1 Å². The maximum Gasteiger partial charge on any atom is 0.311 e. The van der Waals surface area contributed by atoms with Gasteiger partial charge in [-0.05, 0) is 37.8 Å². The Morgan fingerprint density at radius 3 is 2.57 bits per heavy atom. The quantitative estimate of drug-likeness (QED) is 0.684. The van der Waals surface area contributed by atoms with E-state index in [1.54, 1.807) is 6.07 Å². The van der Waals surface area contributed by atoms with E-state index in [0.29, 0.717) is 5.75 Å². The van der Waals surface area contributed by atoms with Crippen LogP contribution in [0.25, 0.3) is 0 Å². The van der Waals surface area contributed by atoms with Crippen molar-refractivity contribution in [1.82, 2.24) is 0 Å².